The van der Waals surface area contributed by atoms with Crippen LogP contribution in [0.5, 0.6) is 0 Å². The second-order valence-corrected chi connectivity index (χ2v) is 10.9. The van der Waals surface area contributed by atoms with Gasteiger partial charge in [0, 0.05) is 51.2 Å². The molecule has 0 aliphatic carbocycles. The third kappa shape index (κ3) is 7.65. The summed E-state index contributed by atoms with van der Waals surface area (Å²) in [6.07, 6.45) is 5.03. The van der Waals surface area contributed by atoms with Crippen molar-refractivity contribution in [2.24, 2.45) is 5.92 Å². The number of aryl methyl sites for hydroxylation is 1. The normalized spacial score (nSPS) is 14.6. The van der Waals surface area contributed by atoms with Crippen LogP contribution in [-0.4, -0.2) is 53.4 Å². The number of carbonyl (C=O) groups is 1. The van der Waals surface area contributed by atoms with E-state index >= 15 is 0 Å². The summed E-state index contributed by atoms with van der Waals surface area (Å²) in [5.41, 5.74) is 5.21. The first kappa shape index (κ1) is 26.9. The fourth-order valence-corrected chi connectivity index (χ4v) is 5.00. The van der Waals surface area contributed by atoms with Gasteiger partial charge in [0.1, 0.15) is 5.69 Å². The minimum absolute atomic E-state index is 0.0332. The van der Waals surface area contributed by atoms with Crippen molar-refractivity contribution < 1.29 is 4.79 Å². The van der Waals surface area contributed by atoms with E-state index in [1.807, 2.05) is 25.1 Å². The second-order valence-electron chi connectivity index (χ2n) is 10.9. The van der Waals surface area contributed by atoms with Gasteiger partial charge in [-0.3, -0.25) is 9.78 Å². The fourth-order valence-electron chi connectivity index (χ4n) is 5.00. The summed E-state index contributed by atoms with van der Waals surface area (Å²) in [5.74, 6) is 0.754. The van der Waals surface area contributed by atoms with Crippen LogP contribution in [0.1, 0.15) is 60.3 Å². The van der Waals surface area contributed by atoms with Crippen molar-refractivity contribution in [1.29, 1.82) is 0 Å². The van der Waals surface area contributed by atoms with Crippen LogP contribution in [0.4, 0.5) is 5.69 Å². The largest absolute Gasteiger partial charge is 0.370 e. The van der Waals surface area contributed by atoms with Gasteiger partial charge in [-0.1, -0.05) is 62.4 Å². The molecule has 5 heteroatoms. The minimum Gasteiger partial charge on any atom is -0.370 e. The Hall–Kier alpha value is -3.18. The first-order valence-electron chi connectivity index (χ1n) is 13.7. The number of amides is 1. The number of rotatable bonds is 10. The van der Waals surface area contributed by atoms with E-state index in [0.29, 0.717) is 12.2 Å². The van der Waals surface area contributed by atoms with E-state index in [4.69, 9.17) is 0 Å². The maximum atomic E-state index is 13.7. The van der Waals surface area contributed by atoms with Crippen LogP contribution in [0.25, 0.3) is 0 Å². The number of benzene rings is 2. The average molecular weight is 499 g/mol. The number of piperidine rings is 1. The molecule has 0 radical (unpaired) electrons. The molecule has 0 saturated carbocycles. The molecule has 5 nitrogen and oxygen atoms in total. The van der Waals surface area contributed by atoms with Crippen molar-refractivity contribution in [2.75, 3.05) is 31.6 Å². The maximum absolute atomic E-state index is 13.7. The summed E-state index contributed by atoms with van der Waals surface area (Å²) < 4.78 is 0. The molecule has 1 amide bonds. The van der Waals surface area contributed by atoms with E-state index < -0.39 is 0 Å². The van der Waals surface area contributed by atoms with Crippen molar-refractivity contribution in [2.45, 2.75) is 59.2 Å². The smallest absolute Gasteiger partial charge is 0.272 e. The van der Waals surface area contributed by atoms with E-state index in [2.05, 4.69) is 89.1 Å². The zero-order chi connectivity index (χ0) is 26.2. The van der Waals surface area contributed by atoms with Gasteiger partial charge in [0.25, 0.3) is 5.91 Å². The standard InChI is InChI=1S/C32H42N4O/c1-25(2)16-19-35-20-17-30(18-21-35)36(32(37)31-15-10-26(3)22-33-31)24-28-11-13-29(14-12-28)34(4)23-27-8-6-5-7-9-27/h5-15,22,25,30H,16-21,23-24H2,1-4H3. The molecule has 2 aromatic carbocycles. The predicted octanol–water partition coefficient (Wildman–Crippen LogP) is 6.18. The van der Waals surface area contributed by atoms with Gasteiger partial charge >= 0.3 is 0 Å². The summed E-state index contributed by atoms with van der Waals surface area (Å²) in [5, 5.41) is 0. The average Bonchev–Trinajstić information content (AvgIpc) is 2.92. The Morgan fingerprint density at radius 2 is 1.62 bits per heavy atom. The number of likely N-dealkylation sites (tertiary alicyclic amines) is 1. The topological polar surface area (TPSA) is 39.7 Å². The van der Waals surface area contributed by atoms with E-state index in [1.165, 1.54) is 17.7 Å². The van der Waals surface area contributed by atoms with E-state index in [-0.39, 0.29) is 11.9 Å². The minimum atomic E-state index is 0.0332. The van der Waals surface area contributed by atoms with Gasteiger partial charge in [0.15, 0.2) is 0 Å². The van der Waals surface area contributed by atoms with Crippen molar-refractivity contribution in [1.82, 2.24) is 14.8 Å². The van der Waals surface area contributed by atoms with E-state index in [1.54, 1.807) is 6.20 Å². The van der Waals surface area contributed by atoms with Crippen LogP contribution in [0, 0.1) is 12.8 Å². The molecule has 0 atom stereocenters. The molecular weight excluding hydrogens is 456 g/mol. The third-order valence-electron chi connectivity index (χ3n) is 7.40. The highest BCUT2D eigenvalue weighted by molar-refractivity contribution is 5.92. The molecule has 196 valence electrons. The lowest BCUT2D eigenvalue weighted by Crippen LogP contribution is -2.47. The maximum Gasteiger partial charge on any atom is 0.272 e. The molecule has 4 rings (SSSR count). The zero-order valence-corrected chi connectivity index (χ0v) is 22.9. The highest BCUT2D eigenvalue weighted by atomic mass is 16.2. The predicted molar refractivity (Wildman–Crippen MR) is 153 cm³/mol. The van der Waals surface area contributed by atoms with Crippen molar-refractivity contribution in [3.63, 3.8) is 0 Å². The Kier molecular flexibility index (Phi) is 9.34. The molecular formula is C32H42N4O. The number of hydrogen-bond acceptors (Lipinski definition) is 4. The fraction of sp³-hybridized carbons (Fsp3) is 0.438. The van der Waals surface area contributed by atoms with Crippen LogP contribution >= 0.6 is 0 Å². The first-order valence-corrected chi connectivity index (χ1v) is 13.7. The van der Waals surface area contributed by atoms with Gasteiger partial charge in [-0.25, -0.2) is 0 Å². The van der Waals surface area contributed by atoms with Gasteiger partial charge in [-0.15, -0.1) is 0 Å². The molecule has 3 aromatic rings. The molecule has 1 saturated heterocycles. The Morgan fingerprint density at radius 3 is 2.24 bits per heavy atom. The van der Waals surface area contributed by atoms with Crippen LogP contribution in [0.2, 0.25) is 0 Å². The third-order valence-corrected chi connectivity index (χ3v) is 7.40. The summed E-state index contributed by atoms with van der Waals surface area (Å²) >= 11 is 0. The lowest BCUT2D eigenvalue weighted by atomic mass is 10.0. The quantitative estimate of drug-likeness (QED) is 0.335. The molecule has 0 spiro atoms. The van der Waals surface area contributed by atoms with Gasteiger partial charge < -0.3 is 14.7 Å². The first-order chi connectivity index (χ1) is 17.9. The van der Waals surface area contributed by atoms with Gasteiger partial charge in [0.05, 0.1) is 0 Å². The molecule has 1 aromatic heterocycles. The number of aromatic nitrogens is 1. The van der Waals surface area contributed by atoms with Crippen LogP contribution in [-0.2, 0) is 13.1 Å². The Labute approximate surface area is 223 Å². The van der Waals surface area contributed by atoms with E-state index in [9.17, 15) is 4.79 Å². The SMILES string of the molecule is Cc1ccc(C(=O)N(Cc2ccc(N(C)Cc3ccccc3)cc2)C2CCN(CCC(C)C)CC2)nc1. The lowest BCUT2D eigenvalue weighted by Gasteiger charge is -2.39. The van der Waals surface area contributed by atoms with Crippen molar-refractivity contribution in [3.05, 3.63) is 95.3 Å². The molecule has 1 aliphatic heterocycles. The molecule has 1 fully saturated rings. The molecule has 2 heterocycles. The number of hydrogen-bond donors (Lipinski definition) is 0. The number of nitrogens with zero attached hydrogens (tertiary/aromatic N) is 4. The second kappa shape index (κ2) is 12.9. The summed E-state index contributed by atoms with van der Waals surface area (Å²) in [6.45, 7) is 11.3. The van der Waals surface area contributed by atoms with Crippen LogP contribution < -0.4 is 4.90 Å². The monoisotopic (exact) mass is 498 g/mol. The lowest BCUT2D eigenvalue weighted by molar-refractivity contribution is 0.0540. The van der Waals surface area contributed by atoms with Crippen molar-refractivity contribution >= 4 is 11.6 Å². The number of carbonyl (C=O) groups excluding carboxylic acids is 1. The van der Waals surface area contributed by atoms with Crippen molar-refractivity contribution in [3.8, 4) is 0 Å². The van der Waals surface area contributed by atoms with Gasteiger partial charge in [-0.2, -0.15) is 0 Å². The summed E-state index contributed by atoms with van der Waals surface area (Å²) in [4.78, 5) is 25.0. The highest BCUT2D eigenvalue weighted by Crippen LogP contribution is 2.23. The number of pyridine rings is 1. The Morgan fingerprint density at radius 1 is 0.946 bits per heavy atom. The zero-order valence-electron chi connectivity index (χ0n) is 22.9. The summed E-state index contributed by atoms with van der Waals surface area (Å²) in [6, 6.07) is 23.2. The van der Waals surface area contributed by atoms with Gasteiger partial charge in [0.2, 0.25) is 0 Å². The molecule has 0 bridgehead atoms. The number of anilines is 1. The molecule has 0 unspecified atom stereocenters. The van der Waals surface area contributed by atoms with Crippen LogP contribution in [0.15, 0.2) is 72.9 Å². The molecule has 1 aliphatic rings. The van der Waals surface area contributed by atoms with Gasteiger partial charge in [-0.05, 0) is 73.5 Å². The summed E-state index contributed by atoms with van der Waals surface area (Å²) in [7, 11) is 2.12. The highest BCUT2D eigenvalue weighted by Gasteiger charge is 2.29. The Bertz CT molecular complexity index is 1100. The van der Waals surface area contributed by atoms with E-state index in [0.717, 1.165) is 56.1 Å². The molecule has 37 heavy (non-hydrogen) atoms. The molecule has 0 N–H and O–H groups in total. The Balaban J connectivity index is 1.45. The van der Waals surface area contributed by atoms with Crippen LogP contribution in [0.3, 0.4) is 0 Å².